The number of benzene rings is 1. The average molecular weight is 248 g/mol. The van der Waals surface area contributed by atoms with E-state index in [1.807, 2.05) is 19.2 Å². The third-order valence-corrected chi connectivity index (χ3v) is 3.20. The fraction of sp³-hybridized carbons (Fsp3) is 0.533. The maximum atomic E-state index is 13.4. The Morgan fingerprint density at radius 3 is 2.56 bits per heavy atom. The SMILES string of the molecule is CC(C)C(C#N)CN(C)CCc1ccccc1F. The third kappa shape index (κ3) is 4.46. The fourth-order valence-electron chi connectivity index (χ4n) is 1.84. The van der Waals surface area contributed by atoms with Gasteiger partial charge in [-0.15, -0.1) is 0 Å². The first kappa shape index (κ1) is 14.7. The molecule has 0 bridgehead atoms. The van der Waals surface area contributed by atoms with Crippen LogP contribution < -0.4 is 0 Å². The van der Waals surface area contributed by atoms with Crippen LogP contribution in [0.2, 0.25) is 0 Å². The van der Waals surface area contributed by atoms with Crippen molar-refractivity contribution in [2.45, 2.75) is 20.3 Å². The van der Waals surface area contributed by atoms with Crippen molar-refractivity contribution in [1.29, 1.82) is 5.26 Å². The van der Waals surface area contributed by atoms with Gasteiger partial charge in [-0.3, -0.25) is 0 Å². The second kappa shape index (κ2) is 7.13. The maximum absolute atomic E-state index is 13.4. The largest absolute Gasteiger partial charge is 0.305 e. The van der Waals surface area contributed by atoms with Gasteiger partial charge in [0.15, 0.2) is 0 Å². The summed E-state index contributed by atoms with van der Waals surface area (Å²) in [6.07, 6.45) is 0.680. The Kier molecular flexibility index (Phi) is 5.80. The molecule has 0 aliphatic heterocycles. The van der Waals surface area contributed by atoms with Crippen molar-refractivity contribution in [3.05, 3.63) is 35.6 Å². The Labute approximate surface area is 109 Å². The molecule has 1 unspecified atom stereocenters. The first-order valence-electron chi connectivity index (χ1n) is 6.36. The molecule has 0 spiro atoms. The molecule has 0 aliphatic rings. The lowest BCUT2D eigenvalue weighted by atomic mass is 9.97. The molecule has 0 aliphatic carbocycles. The van der Waals surface area contributed by atoms with Gasteiger partial charge in [-0.25, -0.2) is 4.39 Å². The number of nitrogens with zero attached hydrogens (tertiary/aromatic N) is 2. The maximum Gasteiger partial charge on any atom is 0.126 e. The van der Waals surface area contributed by atoms with Gasteiger partial charge < -0.3 is 4.90 Å². The van der Waals surface area contributed by atoms with Crippen LogP contribution in [-0.2, 0) is 6.42 Å². The third-order valence-electron chi connectivity index (χ3n) is 3.20. The van der Waals surface area contributed by atoms with E-state index >= 15 is 0 Å². The Balaban J connectivity index is 2.45. The van der Waals surface area contributed by atoms with Crippen LogP contribution in [-0.4, -0.2) is 25.0 Å². The molecule has 2 nitrogen and oxygen atoms in total. The zero-order valence-corrected chi connectivity index (χ0v) is 11.4. The summed E-state index contributed by atoms with van der Waals surface area (Å²) in [7, 11) is 1.98. The number of hydrogen-bond donors (Lipinski definition) is 0. The van der Waals surface area contributed by atoms with Crippen molar-refractivity contribution in [3.8, 4) is 6.07 Å². The Hall–Kier alpha value is -1.40. The zero-order chi connectivity index (χ0) is 13.5. The lowest BCUT2D eigenvalue weighted by Crippen LogP contribution is -2.29. The van der Waals surface area contributed by atoms with Crippen LogP contribution in [0.25, 0.3) is 0 Å². The highest BCUT2D eigenvalue weighted by atomic mass is 19.1. The number of likely N-dealkylation sites (N-methyl/N-ethyl adjacent to an activating group) is 1. The summed E-state index contributed by atoms with van der Waals surface area (Å²) in [5.41, 5.74) is 0.738. The van der Waals surface area contributed by atoms with Gasteiger partial charge in [-0.1, -0.05) is 32.0 Å². The van der Waals surface area contributed by atoms with E-state index in [0.29, 0.717) is 12.3 Å². The Morgan fingerprint density at radius 1 is 1.33 bits per heavy atom. The summed E-state index contributed by atoms with van der Waals surface area (Å²) in [4.78, 5) is 2.10. The van der Waals surface area contributed by atoms with Gasteiger partial charge in [0.05, 0.1) is 12.0 Å². The smallest absolute Gasteiger partial charge is 0.126 e. The molecule has 18 heavy (non-hydrogen) atoms. The summed E-state index contributed by atoms with van der Waals surface area (Å²) in [6, 6.07) is 9.18. The standard InChI is InChI=1S/C15H21FN2/c1-12(2)14(10-17)11-18(3)9-8-13-6-4-5-7-15(13)16/h4-7,12,14H,8-9,11H2,1-3H3. The molecule has 0 aromatic heterocycles. The topological polar surface area (TPSA) is 27.0 Å². The van der Waals surface area contributed by atoms with Gasteiger partial charge >= 0.3 is 0 Å². The summed E-state index contributed by atoms with van der Waals surface area (Å²) >= 11 is 0. The van der Waals surface area contributed by atoms with Gasteiger partial charge in [0.2, 0.25) is 0 Å². The first-order valence-corrected chi connectivity index (χ1v) is 6.36. The number of nitriles is 1. The van der Waals surface area contributed by atoms with Crippen LogP contribution in [0.4, 0.5) is 4.39 Å². The predicted molar refractivity (Wildman–Crippen MR) is 71.5 cm³/mol. The van der Waals surface area contributed by atoms with Crippen molar-refractivity contribution >= 4 is 0 Å². The van der Waals surface area contributed by atoms with Crippen LogP contribution in [0.15, 0.2) is 24.3 Å². The molecule has 0 heterocycles. The zero-order valence-electron chi connectivity index (χ0n) is 11.4. The monoisotopic (exact) mass is 248 g/mol. The van der Waals surface area contributed by atoms with Crippen molar-refractivity contribution in [1.82, 2.24) is 4.90 Å². The molecular formula is C15H21FN2. The molecule has 1 aromatic rings. The quantitative estimate of drug-likeness (QED) is 0.773. The highest BCUT2D eigenvalue weighted by Gasteiger charge is 2.14. The molecule has 0 N–H and O–H groups in total. The number of hydrogen-bond acceptors (Lipinski definition) is 2. The summed E-state index contributed by atoms with van der Waals surface area (Å²) in [5.74, 6) is 0.244. The number of rotatable bonds is 6. The second-order valence-electron chi connectivity index (χ2n) is 5.08. The molecule has 0 saturated carbocycles. The van der Waals surface area contributed by atoms with Crippen LogP contribution >= 0.6 is 0 Å². The normalized spacial score (nSPS) is 12.7. The van der Waals surface area contributed by atoms with Crippen LogP contribution in [0, 0.1) is 29.0 Å². The van der Waals surface area contributed by atoms with Crippen molar-refractivity contribution in [2.24, 2.45) is 11.8 Å². The van der Waals surface area contributed by atoms with Crippen molar-refractivity contribution < 1.29 is 4.39 Å². The molecular weight excluding hydrogens is 227 g/mol. The van der Waals surface area contributed by atoms with Crippen molar-refractivity contribution in [2.75, 3.05) is 20.1 Å². The molecule has 0 fully saturated rings. The molecule has 0 saturated heterocycles. The van der Waals surface area contributed by atoms with E-state index in [4.69, 9.17) is 5.26 Å². The lowest BCUT2D eigenvalue weighted by Gasteiger charge is -2.22. The van der Waals surface area contributed by atoms with E-state index in [-0.39, 0.29) is 11.7 Å². The minimum Gasteiger partial charge on any atom is -0.305 e. The molecule has 1 rings (SSSR count). The highest BCUT2D eigenvalue weighted by molar-refractivity contribution is 5.17. The molecule has 3 heteroatoms. The van der Waals surface area contributed by atoms with E-state index < -0.39 is 0 Å². The predicted octanol–water partition coefficient (Wildman–Crippen LogP) is 3.10. The van der Waals surface area contributed by atoms with E-state index in [2.05, 4.69) is 24.8 Å². The van der Waals surface area contributed by atoms with Gasteiger partial charge in [0.25, 0.3) is 0 Å². The molecule has 0 radical (unpaired) electrons. The average Bonchev–Trinajstić information content (AvgIpc) is 2.34. The highest BCUT2D eigenvalue weighted by Crippen LogP contribution is 2.12. The van der Waals surface area contributed by atoms with Gasteiger partial charge in [-0.05, 0) is 31.0 Å². The van der Waals surface area contributed by atoms with E-state index in [1.54, 1.807) is 6.07 Å². The molecule has 0 amide bonds. The van der Waals surface area contributed by atoms with E-state index in [1.165, 1.54) is 6.07 Å². The van der Waals surface area contributed by atoms with E-state index in [0.717, 1.165) is 18.7 Å². The van der Waals surface area contributed by atoms with Crippen LogP contribution in [0.1, 0.15) is 19.4 Å². The molecule has 98 valence electrons. The first-order chi connectivity index (χ1) is 8.54. The number of halogens is 1. The summed E-state index contributed by atoms with van der Waals surface area (Å²) in [6.45, 7) is 5.62. The molecule has 1 atom stereocenters. The Bertz CT molecular complexity index is 409. The van der Waals surface area contributed by atoms with Gasteiger partial charge in [0, 0.05) is 13.1 Å². The summed E-state index contributed by atoms with van der Waals surface area (Å²) < 4.78 is 13.4. The van der Waals surface area contributed by atoms with Gasteiger partial charge in [-0.2, -0.15) is 5.26 Å². The van der Waals surface area contributed by atoms with Crippen LogP contribution in [0.3, 0.4) is 0 Å². The minimum absolute atomic E-state index is 0.0376. The second-order valence-corrected chi connectivity index (χ2v) is 5.08. The summed E-state index contributed by atoms with van der Waals surface area (Å²) in [5, 5.41) is 9.04. The van der Waals surface area contributed by atoms with Crippen LogP contribution in [0.5, 0.6) is 0 Å². The fourth-order valence-corrected chi connectivity index (χ4v) is 1.84. The van der Waals surface area contributed by atoms with Crippen molar-refractivity contribution in [3.63, 3.8) is 0 Å². The van der Waals surface area contributed by atoms with Gasteiger partial charge in [0.1, 0.15) is 5.82 Å². The van der Waals surface area contributed by atoms with E-state index in [9.17, 15) is 4.39 Å². The lowest BCUT2D eigenvalue weighted by molar-refractivity contribution is 0.274. The minimum atomic E-state index is -0.147. The molecule has 1 aromatic carbocycles. The Morgan fingerprint density at radius 2 is 2.00 bits per heavy atom.